The molecule has 2 heterocycles. The van der Waals surface area contributed by atoms with E-state index in [2.05, 4.69) is 17.2 Å². The summed E-state index contributed by atoms with van der Waals surface area (Å²) in [5.74, 6) is 0.876. The number of rotatable bonds is 3. The van der Waals surface area contributed by atoms with Crippen LogP contribution < -0.4 is 10.2 Å². The lowest BCUT2D eigenvalue weighted by molar-refractivity contribution is 0.0655. The quantitative estimate of drug-likeness (QED) is 0.945. The fraction of sp³-hybridized carbons (Fsp3) is 0.333. The van der Waals surface area contributed by atoms with Crippen LogP contribution in [0.4, 0.5) is 11.5 Å². The summed E-state index contributed by atoms with van der Waals surface area (Å²) < 4.78 is 0. The smallest absolute Gasteiger partial charge is 0.255 e. The average Bonchev–Trinajstić information content (AvgIpc) is 2.62. The molecule has 1 aliphatic rings. The standard InChI is InChI=1S/C18H22N4O/c1-14-12-19-10-11-22(14)18(23)15-8-9-17(20-13-15)21(2)16-6-4-3-5-7-16/h3-9,13-14,19H,10-12H2,1-2H3/t14-/m1/s1. The SMILES string of the molecule is C[C@@H]1CNCCN1C(=O)c1ccc(N(C)c2ccccc2)nc1. The molecule has 23 heavy (non-hydrogen) atoms. The first-order chi connectivity index (χ1) is 11.2. The zero-order valence-electron chi connectivity index (χ0n) is 13.6. The highest BCUT2D eigenvalue weighted by molar-refractivity contribution is 5.94. The van der Waals surface area contributed by atoms with E-state index >= 15 is 0 Å². The number of amides is 1. The first-order valence-electron chi connectivity index (χ1n) is 7.93. The molecule has 1 aliphatic heterocycles. The number of nitrogens with zero attached hydrogens (tertiary/aromatic N) is 3. The molecule has 1 N–H and O–H groups in total. The van der Waals surface area contributed by atoms with Gasteiger partial charge in [-0.25, -0.2) is 4.98 Å². The Morgan fingerprint density at radius 1 is 1.26 bits per heavy atom. The van der Waals surface area contributed by atoms with Gasteiger partial charge in [0.2, 0.25) is 0 Å². The molecule has 3 rings (SSSR count). The van der Waals surface area contributed by atoms with Crippen LogP contribution >= 0.6 is 0 Å². The highest BCUT2D eigenvalue weighted by atomic mass is 16.2. The number of hydrogen-bond donors (Lipinski definition) is 1. The Hall–Kier alpha value is -2.40. The van der Waals surface area contributed by atoms with Crippen LogP contribution in [0.15, 0.2) is 48.7 Å². The van der Waals surface area contributed by atoms with Crippen LogP contribution in [0.3, 0.4) is 0 Å². The normalized spacial score (nSPS) is 17.8. The topological polar surface area (TPSA) is 48.5 Å². The van der Waals surface area contributed by atoms with Gasteiger partial charge in [0, 0.05) is 44.6 Å². The first kappa shape index (κ1) is 15.5. The molecule has 1 aromatic carbocycles. The minimum Gasteiger partial charge on any atom is -0.333 e. The molecule has 1 atom stereocenters. The third-order valence-corrected chi connectivity index (χ3v) is 4.24. The van der Waals surface area contributed by atoms with Crippen molar-refractivity contribution in [3.8, 4) is 0 Å². The van der Waals surface area contributed by atoms with E-state index in [0.29, 0.717) is 5.56 Å². The van der Waals surface area contributed by atoms with Gasteiger partial charge >= 0.3 is 0 Å². The summed E-state index contributed by atoms with van der Waals surface area (Å²) in [6.07, 6.45) is 1.67. The molecular weight excluding hydrogens is 288 g/mol. The molecule has 1 aromatic heterocycles. The van der Waals surface area contributed by atoms with Crippen LogP contribution in [0.1, 0.15) is 17.3 Å². The molecule has 0 aliphatic carbocycles. The summed E-state index contributed by atoms with van der Waals surface area (Å²) in [6, 6.07) is 14.0. The molecule has 5 heteroatoms. The van der Waals surface area contributed by atoms with Crippen LogP contribution in [-0.4, -0.2) is 48.5 Å². The molecule has 0 unspecified atom stereocenters. The van der Waals surface area contributed by atoms with Crippen LogP contribution in [0.2, 0.25) is 0 Å². The van der Waals surface area contributed by atoms with E-state index in [9.17, 15) is 4.79 Å². The highest BCUT2D eigenvalue weighted by Crippen LogP contribution is 2.21. The van der Waals surface area contributed by atoms with Gasteiger partial charge in [0.25, 0.3) is 5.91 Å². The van der Waals surface area contributed by atoms with E-state index < -0.39 is 0 Å². The van der Waals surface area contributed by atoms with E-state index in [1.54, 1.807) is 6.20 Å². The molecule has 1 saturated heterocycles. The van der Waals surface area contributed by atoms with Gasteiger partial charge in [0.05, 0.1) is 5.56 Å². The van der Waals surface area contributed by atoms with Crippen LogP contribution in [0.25, 0.3) is 0 Å². The lowest BCUT2D eigenvalue weighted by atomic mass is 10.1. The second kappa shape index (κ2) is 6.79. The molecule has 0 bridgehead atoms. The first-order valence-corrected chi connectivity index (χ1v) is 7.93. The molecule has 2 aromatic rings. The second-order valence-electron chi connectivity index (χ2n) is 5.85. The van der Waals surface area contributed by atoms with Gasteiger partial charge in [-0.15, -0.1) is 0 Å². The van der Waals surface area contributed by atoms with Gasteiger partial charge < -0.3 is 15.1 Å². The predicted octanol–water partition coefficient (Wildman–Crippen LogP) is 2.28. The number of hydrogen-bond acceptors (Lipinski definition) is 4. The lowest BCUT2D eigenvalue weighted by Gasteiger charge is -2.34. The largest absolute Gasteiger partial charge is 0.333 e. The summed E-state index contributed by atoms with van der Waals surface area (Å²) in [6.45, 7) is 4.49. The van der Waals surface area contributed by atoms with Crippen molar-refractivity contribution in [2.24, 2.45) is 0 Å². The molecule has 1 amide bonds. The van der Waals surface area contributed by atoms with Gasteiger partial charge in [-0.1, -0.05) is 18.2 Å². The molecule has 120 valence electrons. The van der Waals surface area contributed by atoms with Crippen molar-refractivity contribution in [2.75, 3.05) is 31.6 Å². The highest BCUT2D eigenvalue weighted by Gasteiger charge is 2.24. The molecule has 5 nitrogen and oxygen atoms in total. The lowest BCUT2D eigenvalue weighted by Crippen LogP contribution is -2.52. The van der Waals surface area contributed by atoms with E-state index in [4.69, 9.17) is 0 Å². The molecular formula is C18H22N4O. The number of carbonyl (C=O) groups excluding carboxylic acids is 1. The zero-order valence-corrected chi connectivity index (χ0v) is 13.6. The number of benzene rings is 1. The minimum absolute atomic E-state index is 0.0559. The Morgan fingerprint density at radius 3 is 2.70 bits per heavy atom. The van der Waals surface area contributed by atoms with Crippen molar-refractivity contribution >= 4 is 17.4 Å². The fourth-order valence-electron chi connectivity index (χ4n) is 2.80. The fourth-order valence-corrected chi connectivity index (χ4v) is 2.80. The Bertz CT molecular complexity index is 656. The third kappa shape index (κ3) is 3.35. The summed E-state index contributed by atoms with van der Waals surface area (Å²) in [5.41, 5.74) is 1.71. The summed E-state index contributed by atoms with van der Waals surface area (Å²) in [7, 11) is 1.97. The maximum Gasteiger partial charge on any atom is 0.255 e. The van der Waals surface area contributed by atoms with Crippen molar-refractivity contribution < 1.29 is 4.79 Å². The number of nitrogens with one attached hydrogen (secondary N) is 1. The van der Waals surface area contributed by atoms with E-state index in [1.165, 1.54) is 0 Å². The monoisotopic (exact) mass is 310 g/mol. The third-order valence-electron chi connectivity index (χ3n) is 4.24. The van der Waals surface area contributed by atoms with Gasteiger partial charge in [-0.2, -0.15) is 0 Å². The zero-order chi connectivity index (χ0) is 16.2. The molecule has 0 saturated carbocycles. The maximum atomic E-state index is 12.6. The van der Waals surface area contributed by atoms with E-state index in [1.807, 2.05) is 59.3 Å². The van der Waals surface area contributed by atoms with Crippen molar-refractivity contribution in [1.29, 1.82) is 0 Å². The van der Waals surface area contributed by atoms with Crippen LogP contribution in [-0.2, 0) is 0 Å². The Balaban J connectivity index is 1.75. The van der Waals surface area contributed by atoms with Crippen molar-refractivity contribution in [1.82, 2.24) is 15.2 Å². The molecule has 0 radical (unpaired) electrons. The number of pyridine rings is 1. The Labute approximate surface area is 136 Å². The number of para-hydroxylation sites is 1. The number of anilines is 2. The number of aromatic nitrogens is 1. The van der Waals surface area contributed by atoms with Crippen molar-refractivity contribution in [3.63, 3.8) is 0 Å². The van der Waals surface area contributed by atoms with E-state index in [-0.39, 0.29) is 11.9 Å². The Kier molecular flexibility index (Phi) is 4.57. The minimum atomic E-state index is 0.0559. The average molecular weight is 310 g/mol. The predicted molar refractivity (Wildman–Crippen MR) is 92.1 cm³/mol. The van der Waals surface area contributed by atoms with Crippen LogP contribution in [0.5, 0.6) is 0 Å². The maximum absolute atomic E-state index is 12.6. The van der Waals surface area contributed by atoms with Gasteiger partial charge in [0.1, 0.15) is 5.82 Å². The van der Waals surface area contributed by atoms with Gasteiger partial charge in [-0.3, -0.25) is 4.79 Å². The molecule has 1 fully saturated rings. The van der Waals surface area contributed by atoms with Gasteiger partial charge in [0.15, 0.2) is 0 Å². The molecule has 0 spiro atoms. The summed E-state index contributed by atoms with van der Waals surface area (Å²) >= 11 is 0. The van der Waals surface area contributed by atoms with Crippen LogP contribution in [0, 0.1) is 0 Å². The number of carbonyl (C=O) groups is 1. The van der Waals surface area contributed by atoms with Crippen molar-refractivity contribution in [3.05, 3.63) is 54.2 Å². The Morgan fingerprint density at radius 2 is 2.04 bits per heavy atom. The van der Waals surface area contributed by atoms with E-state index in [0.717, 1.165) is 31.1 Å². The van der Waals surface area contributed by atoms with Gasteiger partial charge in [-0.05, 0) is 31.2 Å². The summed E-state index contributed by atoms with van der Waals surface area (Å²) in [5, 5.41) is 3.30. The van der Waals surface area contributed by atoms with Crippen molar-refractivity contribution in [2.45, 2.75) is 13.0 Å². The second-order valence-corrected chi connectivity index (χ2v) is 5.85. The number of piperazine rings is 1. The summed E-state index contributed by atoms with van der Waals surface area (Å²) in [4.78, 5) is 21.0.